The first kappa shape index (κ1) is 17.2. The van der Waals surface area contributed by atoms with E-state index in [4.69, 9.17) is 5.41 Å². The minimum absolute atomic E-state index is 0.00221. The molecule has 1 saturated heterocycles. The minimum Gasteiger partial charge on any atom is -0.510 e. The molecule has 0 bridgehead atoms. The largest absolute Gasteiger partial charge is 0.510 e. The van der Waals surface area contributed by atoms with Crippen molar-refractivity contribution in [3.05, 3.63) is 46.5 Å². The molecule has 0 spiro atoms. The van der Waals surface area contributed by atoms with E-state index in [1.165, 1.54) is 16.2 Å². The molecule has 9 heteroatoms. The number of aliphatic hydroxyl groups excluding tert-OH is 2. The summed E-state index contributed by atoms with van der Waals surface area (Å²) in [6, 6.07) is 8.87. The molecule has 2 aromatic rings. The molecule has 1 fully saturated rings. The van der Waals surface area contributed by atoms with Gasteiger partial charge in [0, 0.05) is 10.9 Å². The number of nitrogens with zero attached hydrogens (tertiary/aromatic N) is 2. The van der Waals surface area contributed by atoms with Gasteiger partial charge in [-0.05, 0) is 0 Å². The van der Waals surface area contributed by atoms with Crippen molar-refractivity contribution in [2.45, 2.75) is 12.1 Å². The van der Waals surface area contributed by atoms with Gasteiger partial charge in [0.25, 0.3) is 0 Å². The van der Waals surface area contributed by atoms with Crippen molar-refractivity contribution < 1.29 is 18.6 Å². The lowest BCUT2D eigenvalue weighted by atomic mass is 10.1. The number of sulfone groups is 1. The van der Waals surface area contributed by atoms with Crippen molar-refractivity contribution >= 4 is 32.6 Å². The molecule has 7 nitrogen and oxygen atoms in total. The Bertz CT molecular complexity index is 998. The van der Waals surface area contributed by atoms with Crippen LogP contribution in [0.5, 0.6) is 0 Å². The van der Waals surface area contributed by atoms with E-state index >= 15 is 0 Å². The first-order chi connectivity index (χ1) is 12.4. The van der Waals surface area contributed by atoms with Crippen LogP contribution in [0.1, 0.15) is 5.01 Å². The molecular weight excluding hydrogens is 374 g/mol. The highest BCUT2D eigenvalue weighted by Crippen LogP contribution is 2.34. The summed E-state index contributed by atoms with van der Waals surface area (Å²) in [6.45, 7) is 0.00562. The summed E-state index contributed by atoms with van der Waals surface area (Å²) in [7, 11) is -3.34. The van der Waals surface area contributed by atoms with Crippen molar-refractivity contribution in [2.75, 3.05) is 18.1 Å². The van der Waals surface area contributed by atoms with E-state index in [9.17, 15) is 18.6 Å². The minimum atomic E-state index is -3.34. The number of hydrogen-bond acceptors (Lipinski definition) is 7. The normalized spacial score (nSPS) is 25.3. The van der Waals surface area contributed by atoms with Crippen LogP contribution in [0.4, 0.5) is 0 Å². The van der Waals surface area contributed by atoms with Crippen LogP contribution in [0.2, 0.25) is 0 Å². The molecule has 0 unspecified atom stereocenters. The zero-order valence-corrected chi connectivity index (χ0v) is 15.3. The van der Waals surface area contributed by atoms with Crippen LogP contribution in [-0.2, 0) is 9.84 Å². The van der Waals surface area contributed by atoms with Crippen LogP contribution in [0.25, 0.3) is 16.8 Å². The average Bonchev–Trinajstić information content (AvgIpc) is 3.25. The molecular formula is C17H17N3O4S2. The van der Waals surface area contributed by atoms with E-state index in [0.717, 1.165) is 11.3 Å². The molecule has 1 aromatic carbocycles. The highest BCUT2D eigenvalue weighted by atomic mass is 32.2. The summed E-state index contributed by atoms with van der Waals surface area (Å²) in [5.41, 5.74) is 1.99. The highest BCUT2D eigenvalue weighted by molar-refractivity contribution is 7.91. The van der Waals surface area contributed by atoms with E-state index < -0.39 is 22.0 Å². The van der Waals surface area contributed by atoms with Gasteiger partial charge in [-0.15, -0.1) is 11.3 Å². The third-order valence-electron chi connectivity index (χ3n) is 4.61. The Balaban J connectivity index is 1.61. The van der Waals surface area contributed by atoms with E-state index in [1.807, 2.05) is 35.7 Å². The van der Waals surface area contributed by atoms with Gasteiger partial charge in [0.1, 0.15) is 16.6 Å². The fraction of sp³-hybridized carbons (Fsp3) is 0.294. The Hall–Kier alpha value is -2.23. The predicted octanol–water partition coefficient (Wildman–Crippen LogP) is 1.53. The SMILES string of the molecule is N=C1C(c2nc(-c3ccccc3)cs2)=C(O)CN1[C@@H]1CS(=O)(=O)C[C@@H]1O. The summed E-state index contributed by atoms with van der Waals surface area (Å²) in [4.78, 5) is 5.97. The van der Waals surface area contributed by atoms with Gasteiger partial charge in [-0.1, -0.05) is 30.3 Å². The fourth-order valence-electron chi connectivity index (χ4n) is 3.35. The molecule has 2 aliphatic rings. The molecule has 3 N–H and O–H groups in total. The molecule has 0 radical (unpaired) electrons. The number of rotatable bonds is 3. The van der Waals surface area contributed by atoms with Crippen LogP contribution in [0, 0.1) is 5.41 Å². The Morgan fingerprint density at radius 1 is 1.23 bits per heavy atom. The number of aliphatic hydroxyl groups is 2. The molecule has 1 aromatic heterocycles. The summed E-state index contributed by atoms with van der Waals surface area (Å²) in [5.74, 6) is -0.560. The van der Waals surface area contributed by atoms with Gasteiger partial charge < -0.3 is 15.1 Å². The lowest BCUT2D eigenvalue weighted by molar-refractivity contribution is 0.124. The summed E-state index contributed by atoms with van der Waals surface area (Å²) >= 11 is 1.32. The number of nitrogens with one attached hydrogen (secondary N) is 1. The number of benzene rings is 1. The number of amidine groups is 1. The Labute approximate surface area is 154 Å². The van der Waals surface area contributed by atoms with Crippen LogP contribution >= 0.6 is 11.3 Å². The molecule has 4 rings (SSSR count). The smallest absolute Gasteiger partial charge is 0.155 e. The van der Waals surface area contributed by atoms with E-state index in [2.05, 4.69) is 4.98 Å². The van der Waals surface area contributed by atoms with Crippen molar-refractivity contribution in [1.29, 1.82) is 5.41 Å². The second kappa shape index (κ2) is 6.19. The molecule has 0 aliphatic carbocycles. The van der Waals surface area contributed by atoms with Crippen molar-refractivity contribution in [2.24, 2.45) is 0 Å². The number of aromatic nitrogens is 1. The monoisotopic (exact) mass is 391 g/mol. The van der Waals surface area contributed by atoms with Crippen molar-refractivity contribution in [1.82, 2.24) is 9.88 Å². The maximum absolute atomic E-state index is 11.8. The van der Waals surface area contributed by atoms with Crippen molar-refractivity contribution in [3.63, 3.8) is 0 Å². The standard InChI is InChI=1S/C17H17N3O4S2/c18-16-15(17-19-11(7-25-17)10-4-2-1-3-5-10)13(21)6-20(16)12-8-26(23,24)9-14(12)22/h1-5,7,12,14,18,21-22H,6,8-9H2/t12-,14+/m1/s1. The van der Waals surface area contributed by atoms with Crippen LogP contribution in [0.15, 0.2) is 41.5 Å². The predicted molar refractivity (Wildman–Crippen MR) is 100.0 cm³/mol. The molecule has 136 valence electrons. The molecule has 0 saturated carbocycles. The quantitative estimate of drug-likeness (QED) is 0.731. The highest BCUT2D eigenvalue weighted by Gasteiger charge is 2.44. The van der Waals surface area contributed by atoms with Crippen LogP contribution in [-0.4, -0.2) is 64.5 Å². The maximum Gasteiger partial charge on any atom is 0.155 e. The summed E-state index contributed by atoms with van der Waals surface area (Å²) < 4.78 is 23.5. The number of thiazole rings is 1. The second-order valence-corrected chi connectivity index (χ2v) is 9.43. The molecule has 2 aliphatic heterocycles. The third kappa shape index (κ3) is 2.91. The topological polar surface area (TPSA) is 115 Å². The Morgan fingerprint density at radius 2 is 1.96 bits per heavy atom. The lowest BCUT2D eigenvalue weighted by Gasteiger charge is -2.27. The van der Waals surface area contributed by atoms with E-state index in [-0.39, 0.29) is 29.6 Å². The van der Waals surface area contributed by atoms with Gasteiger partial charge in [0.2, 0.25) is 0 Å². The van der Waals surface area contributed by atoms with E-state index in [0.29, 0.717) is 10.6 Å². The zero-order valence-electron chi connectivity index (χ0n) is 13.7. The number of hydrogen-bond donors (Lipinski definition) is 3. The van der Waals surface area contributed by atoms with Gasteiger partial charge in [-0.2, -0.15) is 0 Å². The van der Waals surface area contributed by atoms with Crippen molar-refractivity contribution in [3.8, 4) is 11.3 Å². The van der Waals surface area contributed by atoms with Gasteiger partial charge >= 0.3 is 0 Å². The average molecular weight is 391 g/mol. The second-order valence-electron chi connectivity index (χ2n) is 6.41. The van der Waals surface area contributed by atoms with Gasteiger partial charge in [0.05, 0.1) is 41.5 Å². The third-order valence-corrected chi connectivity index (χ3v) is 7.17. The van der Waals surface area contributed by atoms with Crippen LogP contribution < -0.4 is 0 Å². The Morgan fingerprint density at radius 3 is 2.62 bits per heavy atom. The Kier molecular flexibility index (Phi) is 4.09. The summed E-state index contributed by atoms with van der Waals surface area (Å²) in [5, 5.41) is 31.2. The fourth-order valence-corrected chi connectivity index (χ4v) is 6.04. The molecule has 3 heterocycles. The van der Waals surface area contributed by atoms with Gasteiger partial charge in [-0.25, -0.2) is 13.4 Å². The maximum atomic E-state index is 11.8. The molecule has 0 amide bonds. The van der Waals surface area contributed by atoms with Gasteiger partial charge in [-0.3, -0.25) is 5.41 Å². The first-order valence-corrected chi connectivity index (χ1v) is 10.7. The summed E-state index contributed by atoms with van der Waals surface area (Å²) in [6.07, 6.45) is -1.07. The van der Waals surface area contributed by atoms with Gasteiger partial charge in [0.15, 0.2) is 9.84 Å². The lowest BCUT2D eigenvalue weighted by Crippen LogP contribution is -2.44. The first-order valence-electron chi connectivity index (χ1n) is 8.03. The zero-order chi connectivity index (χ0) is 18.5. The molecule has 26 heavy (non-hydrogen) atoms. The van der Waals surface area contributed by atoms with Crippen LogP contribution in [0.3, 0.4) is 0 Å². The van der Waals surface area contributed by atoms with E-state index in [1.54, 1.807) is 0 Å². The molecule has 2 atom stereocenters.